The van der Waals surface area contributed by atoms with Gasteiger partial charge in [0.25, 0.3) is 0 Å². The van der Waals surface area contributed by atoms with Crippen LogP contribution in [0, 0.1) is 0 Å². The summed E-state index contributed by atoms with van der Waals surface area (Å²) in [6, 6.07) is 1.10. The molecule has 0 bridgehead atoms. The fourth-order valence-corrected chi connectivity index (χ4v) is 1.20. The van der Waals surface area contributed by atoms with E-state index in [4.69, 9.17) is 4.43 Å². The zero-order valence-electron chi connectivity index (χ0n) is 5.59. The van der Waals surface area contributed by atoms with E-state index >= 15 is 0 Å². The predicted molar refractivity (Wildman–Crippen MR) is 38.0 cm³/mol. The monoisotopic (exact) mass is 145 g/mol. The minimum absolute atomic E-state index is 0.296. The molecule has 0 heterocycles. The fraction of sp³-hybridized carbons (Fsp3) is 0.800. The largest absolute Gasteiger partial charge is 0.427 e. The van der Waals surface area contributed by atoms with Crippen molar-refractivity contribution in [3.05, 3.63) is 0 Å². The molecule has 0 unspecified atom stereocenters. The van der Waals surface area contributed by atoms with Gasteiger partial charge in [-0.05, 0) is 12.5 Å². The number of isocyanates is 1. The van der Waals surface area contributed by atoms with Crippen LogP contribution < -0.4 is 0 Å². The van der Waals surface area contributed by atoms with Crippen molar-refractivity contribution in [1.29, 1.82) is 0 Å². The van der Waals surface area contributed by atoms with E-state index in [0.717, 1.165) is 12.5 Å². The summed E-state index contributed by atoms with van der Waals surface area (Å²) in [5, 5.41) is 0. The summed E-state index contributed by atoms with van der Waals surface area (Å²) in [5.41, 5.74) is 0. The maximum Gasteiger partial charge on any atom is 0.234 e. The molecule has 0 aliphatic rings. The number of aliphatic imine (C=N–C) groups is 1. The molecule has 3 nitrogen and oxygen atoms in total. The lowest BCUT2D eigenvalue weighted by Crippen LogP contribution is -1.93. The van der Waals surface area contributed by atoms with E-state index in [9.17, 15) is 4.79 Å². The zero-order valence-corrected chi connectivity index (χ0v) is 7.01. The first kappa shape index (κ1) is 8.56. The van der Waals surface area contributed by atoms with Crippen LogP contribution in [0.1, 0.15) is 6.42 Å². The van der Waals surface area contributed by atoms with Gasteiger partial charge in [0.2, 0.25) is 6.08 Å². The molecule has 0 spiro atoms. The van der Waals surface area contributed by atoms with Gasteiger partial charge in [-0.25, -0.2) is 9.79 Å². The van der Waals surface area contributed by atoms with Crippen molar-refractivity contribution in [2.75, 3.05) is 13.7 Å². The highest BCUT2D eigenvalue weighted by molar-refractivity contribution is 6.26. The van der Waals surface area contributed by atoms with Crippen molar-refractivity contribution >= 4 is 15.8 Å². The van der Waals surface area contributed by atoms with Crippen molar-refractivity contribution in [2.45, 2.75) is 12.5 Å². The Labute approximate surface area is 57.1 Å². The highest BCUT2D eigenvalue weighted by Gasteiger charge is 1.84. The molecule has 0 aromatic heterocycles. The van der Waals surface area contributed by atoms with Crippen LogP contribution in [0.25, 0.3) is 0 Å². The molecule has 0 aromatic carbocycles. The Morgan fingerprint density at radius 3 is 3.11 bits per heavy atom. The van der Waals surface area contributed by atoms with Crippen LogP contribution in [0.5, 0.6) is 0 Å². The van der Waals surface area contributed by atoms with Gasteiger partial charge < -0.3 is 4.43 Å². The zero-order chi connectivity index (χ0) is 6.95. The number of carbonyl (C=O) groups excluding carboxylic acids is 1. The van der Waals surface area contributed by atoms with Crippen LogP contribution in [-0.2, 0) is 9.22 Å². The van der Waals surface area contributed by atoms with Crippen LogP contribution in [0.2, 0.25) is 6.04 Å². The van der Waals surface area contributed by atoms with Crippen molar-refractivity contribution in [3.8, 4) is 0 Å². The number of rotatable bonds is 5. The molecule has 0 N–H and O–H groups in total. The molecule has 0 fully saturated rings. The first-order valence-corrected chi connectivity index (χ1v) is 4.52. The molecule has 0 aliphatic heterocycles. The summed E-state index contributed by atoms with van der Waals surface area (Å²) < 4.78 is 4.92. The first-order chi connectivity index (χ1) is 4.41. The smallest absolute Gasteiger partial charge is 0.234 e. The normalized spacial score (nSPS) is 9.89. The van der Waals surface area contributed by atoms with Gasteiger partial charge in [-0.15, -0.1) is 0 Å². The Balaban J connectivity index is 2.82. The van der Waals surface area contributed by atoms with Crippen molar-refractivity contribution in [3.63, 3.8) is 0 Å². The predicted octanol–water partition coefficient (Wildman–Crippen LogP) is -0.139. The van der Waals surface area contributed by atoms with Crippen LogP contribution in [-0.4, -0.2) is 29.5 Å². The minimum Gasteiger partial charge on any atom is -0.427 e. The molecule has 0 aliphatic carbocycles. The summed E-state index contributed by atoms with van der Waals surface area (Å²) in [4.78, 5) is 12.9. The highest BCUT2D eigenvalue weighted by atomic mass is 28.2. The average Bonchev–Trinajstić information content (AvgIpc) is 1.89. The Morgan fingerprint density at radius 1 is 1.78 bits per heavy atom. The minimum atomic E-state index is -0.296. The third-order valence-electron chi connectivity index (χ3n) is 0.933. The second-order valence-corrected chi connectivity index (χ2v) is 3.37. The fourth-order valence-electron chi connectivity index (χ4n) is 0.483. The van der Waals surface area contributed by atoms with Gasteiger partial charge in [0.05, 0.1) is 6.54 Å². The van der Waals surface area contributed by atoms with Crippen LogP contribution in [0.4, 0.5) is 0 Å². The van der Waals surface area contributed by atoms with E-state index in [1.54, 1.807) is 7.11 Å². The van der Waals surface area contributed by atoms with E-state index in [2.05, 4.69) is 4.99 Å². The third-order valence-corrected chi connectivity index (χ3v) is 2.13. The summed E-state index contributed by atoms with van der Waals surface area (Å²) in [5.74, 6) is 0. The van der Waals surface area contributed by atoms with Crippen LogP contribution >= 0.6 is 0 Å². The summed E-state index contributed by atoms with van der Waals surface area (Å²) >= 11 is 0. The van der Waals surface area contributed by atoms with Crippen LogP contribution in [0.3, 0.4) is 0 Å². The Bertz CT molecular complexity index is 101. The Kier molecular flexibility index (Phi) is 7.18. The van der Waals surface area contributed by atoms with Crippen molar-refractivity contribution in [1.82, 2.24) is 0 Å². The highest BCUT2D eigenvalue weighted by Crippen LogP contribution is 1.87. The van der Waals surface area contributed by atoms with Gasteiger partial charge in [0, 0.05) is 7.11 Å². The maximum absolute atomic E-state index is 9.53. The molecule has 52 valence electrons. The summed E-state index contributed by atoms with van der Waals surface area (Å²) in [6.45, 7) is 0.611. The van der Waals surface area contributed by atoms with Gasteiger partial charge in [0.15, 0.2) is 9.76 Å². The second-order valence-electron chi connectivity index (χ2n) is 1.67. The summed E-state index contributed by atoms with van der Waals surface area (Å²) in [6.07, 6.45) is 2.46. The van der Waals surface area contributed by atoms with E-state index in [0.29, 0.717) is 6.54 Å². The molecule has 0 rings (SSSR count). The van der Waals surface area contributed by atoms with E-state index in [-0.39, 0.29) is 9.76 Å². The Morgan fingerprint density at radius 2 is 2.56 bits per heavy atom. The molecular weight excluding hydrogens is 134 g/mol. The molecule has 0 saturated carbocycles. The molecule has 9 heavy (non-hydrogen) atoms. The lowest BCUT2D eigenvalue weighted by Gasteiger charge is -1.91. The van der Waals surface area contributed by atoms with Crippen molar-refractivity contribution < 1.29 is 9.22 Å². The molecule has 0 amide bonds. The lowest BCUT2D eigenvalue weighted by molar-refractivity contribution is 0.440. The summed E-state index contributed by atoms with van der Waals surface area (Å²) in [7, 11) is 1.42. The van der Waals surface area contributed by atoms with Gasteiger partial charge in [-0.2, -0.15) is 0 Å². The number of nitrogens with zero attached hydrogens (tertiary/aromatic N) is 1. The van der Waals surface area contributed by atoms with Gasteiger partial charge >= 0.3 is 0 Å². The van der Waals surface area contributed by atoms with Crippen LogP contribution in [0.15, 0.2) is 4.99 Å². The molecule has 0 saturated heterocycles. The maximum atomic E-state index is 9.53. The standard InChI is InChI=1S/C5H11NO2Si/c1-8-9-4-2-3-6-5-7/h2-4,9H2,1H3. The van der Waals surface area contributed by atoms with Gasteiger partial charge in [-0.1, -0.05) is 0 Å². The third kappa shape index (κ3) is 7.56. The lowest BCUT2D eigenvalue weighted by atomic mass is 10.5. The Hall–Kier alpha value is -0.443. The van der Waals surface area contributed by atoms with E-state index in [1.807, 2.05) is 0 Å². The van der Waals surface area contributed by atoms with E-state index in [1.165, 1.54) is 6.08 Å². The average molecular weight is 145 g/mol. The van der Waals surface area contributed by atoms with Crippen molar-refractivity contribution in [2.24, 2.45) is 4.99 Å². The molecule has 4 heteroatoms. The molecule has 0 atom stereocenters. The molecular formula is C5H11NO2Si. The quantitative estimate of drug-likeness (QED) is 0.234. The number of hydrogen-bond acceptors (Lipinski definition) is 3. The molecule has 0 aromatic rings. The van der Waals surface area contributed by atoms with Gasteiger partial charge in [-0.3, -0.25) is 0 Å². The number of hydrogen-bond donors (Lipinski definition) is 0. The molecule has 0 radical (unpaired) electrons. The van der Waals surface area contributed by atoms with E-state index < -0.39 is 0 Å². The first-order valence-electron chi connectivity index (χ1n) is 2.94. The van der Waals surface area contributed by atoms with Gasteiger partial charge in [0.1, 0.15) is 0 Å². The topological polar surface area (TPSA) is 38.7 Å². The SMILES string of the molecule is CO[SiH2]CCCN=C=O. The second kappa shape index (κ2) is 7.56.